The number of likely N-dealkylation sites (tertiary alicyclic amines) is 1. The van der Waals surface area contributed by atoms with Crippen LogP contribution in [0, 0.1) is 5.92 Å². The summed E-state index contributed by atoms with van der Waals surface area (Å²) in [4.78, 5) is 29.0. The molecule has 3 N–H and O–H groups in total. The maximum Gasteiger partial charge on any atom is 0.303 e. The van der Waals surface area contributed by atoms with Gasteiger partial charge in [0.25, 0.3) is 5.91 Å². The summed E-state index contributed by atoms with van der Waals surface area (Å²) in [6, 6.07) is -0.164. The molecule has 0 radical (unpaired) electrons. The van der Waals surface area contributed by atoms with Crippen LogP contribution in [-0.2, 0) is 4.79 Å². The number of piperidine rings is 1. The molecule has 0 aromatic carbocycles. The normalized spacial score (nSPS) is 18.0. The van der Waals surface area contributed by atoms with Crippen LogP contribution in [-0.4, -0.2) is 40.0 Å². The zero-order valence-electron chi connectivity index (χ0n) is 11.4. The Balaban J connectivity index is 1.92. The molecular formula is C13H19N3O3S. The zero-order valence-corrected chi connectivity index (χ0v) is 12.2. The molecule has 0 spiro atoms. The Morgan fingerprint density at radius 1 is 1.55 bits per heavy atom. The number of carboxylic acids is 1. The molecule has 1 amide bonds. The first-order chi connectivity index (χ1) is 9.47. The molecule has 110 valence electrons. The second-order valence-electron chi connectivity index (χ2n) is 5.19. The van der Waals surface area contributed by atoms with E-state index in [1.165, 1.54) is 11.3 Å². The van der Waals surface area contributed by atoms with Crippen molar-refractivity contribution in [1.82, 2.24) is 9.88 Å². The van der Waals surface area contributed by atoms with E-state index in [0.717, 1.165) is 17.8 Å². The lowest BCUT2D eigenvalue weighted by molar-refractivity contribution is -0.138. The van der Waals surface area contributed by atoms with E-state index >= 15 is 0 Å². The zero-order chi connectivity index (χ0) is 14.7. The third-order valence-corrected chi connectivity index (χ3v) is 4.54. The summed E-state index contributed by atoms with van der Waals surface area (Å²) in [5, 5.41) is 11.3. The molecule has 0 saturated carbocycles. The van der Waals surface area contributed by atoms with Crippen LogP contribution in [0.4, 0.5) is 0 Å². The van der Waals surface area contributed by atoms with Gasteiger partial charge in [0.2, 0.25) is 0 Å². The van der Waals surface area contributed by atoms with E-state index in [4.69, 9.17) is 10.8 Å². The number of hydrogen-bond donors (Lipinski definition) is 2. The molecule has 1 aromatic heterocycles. The van der Waals surface area contributed by atoms with Crippen LogP contribution in [0.2, 0.25) is 0 Å². The van der Waals surface area contributed by atoms with Crippen molar-refractivity contribution in [3.63, 3.8) is 0 Å². The Kier molecular flexibility index (Phi) is 4.72. The van der Waals surface area contributed by atoms with Crippen LogP contribution < -0.4 is 5.73 Å². The monoisotopic (exact) mass is 297 g/mol. The third-order valence-electron chi connectivity index (χ3n) is 3.50. The van der Waals surface area contributed by atoms with E-state index < -0.39 is 5.97 Å². The summed E-state index contributed by atoms with van der Waals surface area (Å²) in [5.41, 5.74) is 6.18. The van der Waals surface area contributed by atoms with Gasteiger partial charge in [-0.15, -0.1) is 11.3 Å². The minimum absolute atomic E-state index is 0.0816. The van der Waals surface area contributed by atoms with Gasteiger partial charge < -0.3 is 15.7 Å². The number of carbonyl (C=O) groups is 2. The minimum atomic E-state index is -0.768. The molecule has 1 saturated heterocycles. The number of rotatable bonds is 4. The van der Waals surface area contributed by atoms with Crippen molar-refractivity contribution in [2.45, 2.75) is 32.2 Å². The quantitative estimate of drug-likeness (QED) is 0.877. The van der Waals surface area contributed by atoms with Crippen LogP contribution in [0.25, 0.3) is 0 Å². The molecular weight excluding hydrogens is 278 g/mol. The van der Waals surface area contributed by atoms with Crippen molar-refractivity contribution < 1.29 is 14.7 Å². The SMILES string of the molecule is CC(N)c1nc(C(=O)N2CCC(CC(=O)O)CC2)cs1. The van der Waals surface area contributed by atoms with E-state index in [0.29, 0.717) is 18.8 Å². The fraction of sp³-hybridized carbons (Fsp3) is 0.615. The van der Waals surface area contributed by atoms with Gasteiger partial charge in [0, 0.05) is 24.9 Å². The first-order valence-corrected chi connectivity index (χ1v) is 7.57. The van der Waals surface area contributed by atoms with Crippen molar-refractivity contribution in [3.8, 4) is 0 Å². The lowest BCUT2D eigenvalue weighted by Crippen LogP contribution is -2.39. The standard InChI is InChI=1S/C13H19N3O3S/c1-8(14)12-15-10(7-20-12)13(19)16-4-2-9(3-5-16)6-11(17)18/h7-9H,2-6,14H2,1H3,(H,17,18). The van der Waals surface area contributed by atoms with Crippen molar-refractivity contribution >= 4 is 23.2 Å². The van der Waals surface area contributed by atoms with E-state index in [1.807, 2.05) is 6.92 Å². The van der Waals surface area contributed by atoms with Crippen LogP contribution in [0.3, 0.4) is 0 Å². The molecule has 0 aliphatic carbocycles. The van der Waals surface area contributed by atoms with Gasteiger partial charge in [-0.25, -0.2) is 4.98 Å². The first-order valence-electron chi connectivity index (χ1n) is 6.69. The van der Waals surface area contributed by atoms with Gasteiger partial charge in [-0.05, 0) is 25.7 Å². The topological polar surface area (TPSA) is 96.5 Å². The summed E-state index contributed by atoms with van der Waals surface area (Å²) in [7, 11) is 0. The van der Waals surface area contributed by atoms with E-state index in [9.17, 15) is 9.59 Å². The van der Waals surface area contributed by atoms with E-state index in [1.54, 1.807) is 10.3 Å². The fourth-order valence-electron chi connectivity index (χ4n) is 2.34. The average Bonchev–Trinajstić information content (AvgIpc) is 2.88. The molecule has 1 atom stereocenters. The fourth-order valence-corrected chi connectivity index (χ4v) is 3.10. The summed E-state index contributed by atoms with van der Waals surface area (Å²) < 4.78 is 0. The summed E-state index contributed by atoms with van der Waals surface area (Å²) >= 11 is 1.40. The van der Waals surface area contributed by atoms with Crippen molar-refractivity contribution in [2.24, 2.45) is 11.7 Å². The largest absolute Gasteiger partial charge is 0.481 e. The average molecular weight is 297 g/mol. The molecule has 20 heavy (non-hydrogen) atoms. The minimum Gasteiger partial charge on any atom is -0.481 e. The van der Waals surface area contributed by atoms with Crippen molar-refractivity contribution in [1.29, 1.82) is 0 Å². The highest BCUT2D eigenvalue weighted by Crippen LogP contribution is 2.23. The van der Waals surface area contributed by atoms with Gasteiger partial charge in [0.15, 0.2) is 0 Å². The highest BCUT2D eigenvalue weighted by molar-refractivity contribution is 7.09. The second-order valence-corrected chi connectivity index (χ2v) is 6.08. The summed E-state index contributed by atoms with van der Waals surface area (Å²) in [6.45, 7) is 3.04. The Labute approximate surface area is 121 Å². The van der Waals surface area contributed by atoms with Crippen LogP contribution in [0.1, 0.15) is 47.7 Å². The number of nitrogens with two attached hydrogens (primary N) is 1. The van der Waals surface area contributed by atoms with Crippen molar-refractivity contribution in [2.75, 3.05) is 13.1 Å². The maximum atomic E-state index is 12.3. The molecule has 2 heterocycles. The number of carbonyl (C=O) groups excluding carboxylic acids is 1. The predicted octanol–water partition coefficient (Wildman–Crippen LogP) is 1.49. The Bertz CT molecular complexity index is 493. The number of hydrogen-bond acceptors (Lipinski definition) is 5. The highest BCUT2D eigenvalue weighted by Gasteiger charge is 2.26. The Morgan fingerprint density at radius 2 is 2.20 bits per heavy atom. The van der Waals surface area contributed by atoms with Gasteiger partial charge in [-0.2, -0.15) is 0 Å². The first kappa shape index (κ1) is 14.9. The molecule has 1 aliphatic rings. The number of thiazole rings is 1. The molecule has 6 nitrogen and oxygen atoms in total. The number of nitrogens with zero attached hydrogens (tertiary/aromatic N) is 2. The van der Waals surface area contributed by atoms with E-state index in [-0.39, 0.29) is 24.3 Å². The second kappa shape index (κ2) is 6.32. The Hall–Kier alpha value is -1.47. The smallest absolute Gasteiger partial charge is 0.303 e. The number of aromatic nitrogens is 1. The van der Waals surface area contributed by atoms with Gasteiger partial charge in [0.1, 0.15) is 10.7 Å². The lowest BCUT2D eigenvalue weighted by Gasteiger charge is -2.30. The van der Waals surface area contributed by atoms with Crippen LogP contribution in [0.15, 0.2) is 5.38 Å². The lowest BCUT2D eigenvalue weighted by atomic mass is 9.93. The molecule has 2 rings (SSSR count). The summed E-state index contributed by atoms with van der Waals surface area (Å²) in [6.07, 6.45) is 1.66. The Morgan fingerprint density at radius 3 is 2.70 bits per heavy atom. The molecule has 0 bridgehead atoms. The molecule has 1 unspecified atom stereocenters. The van der Waals surface area contributed by atoms with Crippen molar-refractivity contribution in [3.05, 3.63) is 16.1 Å². The number of aliphatic carboxylic acids is 1. The maximum absolute atomic E-state index is 12.3. The third kappa shape index (κ3) is 3.55. The van der Waals surface area contributed by atoms with Crippen LogP contribution in [0.5, 0.6) is 0 Å². The van der Waals surface area contributed by atoms with E-state index in [2.05, 4.69) is 4.98 Å². The molecule has 7 heteroatoms. The molecule has 1 fully saturated rings. The van der Waals surface area contributed by atoms with Gasteiger partial charge >= 0.3 is 5.97 Å². The molecule has 1 aromatic rings. The van der Waals surface area contributed by atoms with Gasteiger partial charge in [0.05, 0.1) is 6.04 Å². The van der Waals surface area contributed by atoms with Gasteiger partial charge in [-0.3, -0.25) is 9.59 Å². The predicted molar refractivity (Wildman–Crippen MR) is 75.6 cm³/mol. The molecule has 1 aliphatic heterocycles. The number of amides is 1. The van der Waals surface area contributed by atoms with Gasteiger partial charge in [-0.1, -0.05) is 0 Å². The summed E-state index contributed by atoms with van der Waals surface area (Å²) in [5.74, 6) is -0.676. The van der Waals surface area contributed by atoms with Crippen LogP contribution >= 0.6 is 11.3 Å². The highest BCUT2D eigenvalue weighted by atomic mass is 32.1. The number of carboxylic acid groups (broad SMARTS) is 1.